The highest BCUT2D eigenvalue weighted by atomic mass is 16.5. The second-order valence-electron chi connectivity index (χ2n) is 4.59. The summed E-state index contributed by atoms with van der Waals surface area (Å²) >= 11 is 0. The first-order valence-corrected chi connectivity index (χ1v) is 6.09. The van der Waals surface area contributed by atoms with Crippen molar-refractivity contribution in [3.05, 3.63) is 0 Å². The SMILES string of the molecule is CCCC(C)OC(=O)C1NCCCC1C. The maximum atomic E-state index is 11.8. The van der Waals surface area contributed by atoms with Crippen LogP contribution in [0.1, 0.15) is 46.5 Å². The predicted molar refractivity (Wildman–Crippen MR) is 60.7 cm³/mol. The monoisotopic (exact) mass is 213 g/mol. The van der Waals surface area contributed by atoms with Gasteiger partial charge in [0.15, 0.2) is 0 Å². The van der Waals surface area contributed by atoms with Crippen molar-refractivity contribution in [2.24, 2.45) is 5.92 Å². The van der Waals surface area contributed by atoms with Crippen LogP contribution in [0, 0.1) is 5.92 Å². The van der Waals surface area contributed by atoms with Crippen LogP contribution < -0.4 is 5.32 Å². The van der Waals surface area contributed by atoms with Crippen LogP contribution in [0.5, 0.6) is 0 Å². The molecular formula is C12H23NO2. The van der Waals surface area contributed by atoms with Crippen LogP contribution >= 0.6 is 0 Å². The zero-order chi connectivity index (χ0) is 11.3. The first-order valence-electron chi connectivity index (χ1n) is 6.09. The molecule has 1 rings (SSSR count). The zero-order valence-corrected chi connectivity index (χ0v) is 10.1. The van der Waals surface area contributed by atoms with Gasteiger partial charge in [-0.2, -0.15) is 0 Å². The summed E-state index contributed by atoms with van der Waals surface area (Å²) < 4.78 is 5.40. The Labute approximate surface area is 92.6 Å². The van der Waals surface area contributed by atoms with Gasteiger partial charge in [0.2, 0.25) is 0 Å². The van der Waals surface area contributed by atoms with E-state index in [1.54, 1.807) is 0 Å². The smallest absolute Gasteiger partial charge is 0.323 e. The van der Waals surface area contributed by atoms with Crippen LogP contribution in [0.25, 0.3) is 0 Å². The van der Waals surface area contributed by atoms with Gasteiger partial charge in [0.1, 0.15) is 6.04 Å². The molecule has 88 valence electrons. The molecule has 0 radical (unpaired) electrons. The van der Waals surface area contributed by atoms with Gasteiger partial charge in [-0.1, -0.05) is 20.3 Å². The van der Waals surface area contributed by atoms with Crippen LogP contribution in [0.3, 0.4) is 0 Å². The molecule has 15 heavy (non-hydrogen) atoms. The molecule has 1 aliphatic rings. The molecular weight excluding hydrogens is 190 g/mol. The molecule has 1 saturated heterocycles. The first-order chi connectivity index (χ1) is 7.15. The minimum absolute atomic E-state index is 0.0541. The number of rotatable bonds is 4. The molecule has 0 aromatic carbocycles. The molecule has 3 heteroatoms. The molecule has 0 aliphatic carbocycles. The Morgan fingerprint density at radius 3 is 2.93 bits per heavy atom. The van der Waals surface area contributed by atoms with Crippen molar-refractivity contribution >= 4 is 5.97 Å². The third-order valence-corrected chi connectivity index (χ3v) is 3.04. The highest BCUT2D eigenvalue weighted by Gasteiger charge is 2.29. The highest BCUT2D eigenvalue weighted by Crippen LogP contribution is 2.17. The number of hydrogen-bond acceptors (Lipinski definition) is 3. The van der Waals surface area contributed by atoms with Crippen LogP contribution in [0.15, 0.2) is 0 Å². The Morgan fingerprint density at radius 1 is 1.60 bits per heavy atom. The Kier molecular flexibility index (Phi) is 5.09. The van der Waals surface area contributed by atoms with E-state index >= 15 is 0 Å². The van der Waals surface area contributed by atoms with Crippen LogP contribution in [-0.2, 0) is 9.53 Å². The van der Waals surface area contributed by atoms with E-state index in [9.17, 15) is 4.79 Å². The maximum Gasteiger partial charge on any atom is 0.323 e. The first kappa shape index (κ1) is 12.5. The van der Waals surface area contributed by atoms with Gasteiger partial charge in [0.05, 0.1) is 6.10 Å². The van der Waals surface area contributed by atoms with Gasteiger partial charge in [-0.25, -0.2) is 0 Å². The summed E-state index contributed by atoms with van der Waals surface area (Å²) in [7, 11) is 0. The Morgan fingerprint density at radius 2 is 2.33 bits per heavy atom. The van der Waals surface area contributed by atoms with E-state index in [2.05, 4.69) is 19.2 Å². The summed E-state index contributed by atoms with van der Waals surface area (Å²) in [5.74, 6) is 0.336. The number of esters is 1. The lowest BCUT2D eigenvalue weighted by molar-refractivity contribution is -0.153. The van der Waals surface area contributed by atoms with E-state index in [4.69, 9.17) is 4.74 Å². The molecule has 3 nitrogen and oxygen atoms in total. The number of hydrogen-bond donors (Lipinski definition) is 1. The molecule has 1 heterocycles. The van der Waals surface area contributed by atoms with E-state index < -0.39 is 0 Å². The summed E-state index contributed by atoms with van der Waals surface area (Å²) in [4.78, 5) is 11.8. The average Bonchev–Trinajstić information content (AvgIpc) is 2.18. The van der Waals surface area contributed by atoms with Crippen molar-refractivity contribution in [1.29, 1.82) is 0 Å². The summed E-state index contributed by atoms with van der Waals surface area (Å²) in [5, 5.41) is 3.24. The largest absolute Gasteiger partial charge is 0.462 e. The second kappa shape index (κ2) is 6.11. The minimum Gasteiger partial charge on any atom is -0.462 e. The topological polar surface area (TPSA) is 38.3 Å². The third kappa shape index (κ3) is 3.82. The van der Waals surface area contributed by atoms with Gasteiger partial charge in [0.25, 0.3) is 0 Å². The van der Waals surface area contributed by atoms with Crippen molar-refractivity contribution < 1.29 is 9.53 Å². The lowest BCUT2D eigenvalue weighted by Gasteiger charge is -2.29. The number of ether oxygens (including phenoxy) is 1. The molecule has 1 aliphatic heterocycles. The van der Waals surface area contributed by atoms with E-state index in [0.717, 1.165) is 32.2 Å². The van der Waals surface area contributed by atoms with E-state index in [1.165, 1.54) is 0 Å². The van der Waals surface area contributed by atoms with Crippen molar-refractivity contribution in [1.82, 2.24) is 5.32 Å². The van der Waals surface area contributed by atoms with Crippen LogP contribution in [0.2, 0.25) is 0 Å². The molecule has 0 bridgehead atoms. The zero-order valence-electron chi connectivity index (χ0n) is 10.1. The molecule has 0 saturated carbocycles. The molecule has 0 spiro atoms. The second-order valence-corrected chi connectivity index (χ2v) is 4.59. The fourth-order valence-corrected chi connectivity index (χ4v) is 2.10. The Balaban J connectivity index is 2.37. The molecule has 0 aromatic heterocycles. The summed E-state index contributed by atoms with van der Waals surface area (Å²) in [6, 6.07) is -0.0851. The fraction of sp³-hybridized carbons (Fsp3) is 0.917. The van der Waals surface area contributed by atoms with E-state index in [1.807, 2.05) is 6.92 Å². The molecule has 3 atom stereocenters. The lowest BCUT2D eigenvalue weighted by atomic mass is 9.93. The van der Waals surface area contributed by atoms with Gasteiger partial charge in [-0.15, -0.1) is 0 Å². The average molecular weight is 213 g/mol. The number of piperidine rings is 1. The summed E-state index contributed by atoms with van der Waals surface area (Å²) in [6.45, 7) is 7.12. The summed E-state index contributed by atoms with van der Waals surface area (Å²) in [5.41, 5.74) is 0. The van der Waals surface area contributed by atoms with Gasteiger partial charge in [0, 0.05) is 0 Å². The maximum absolute atomic E-state index is 11.8. The standard InChI is InChI=1S/C12H23NO2/c1-4-6-10(3)15-12(14)11-9(2)7-5-8-13-11/h9-11,13H,4-8H2,1-3H3. The van der Waals surface area contributed by atoms with E-state index in [-0.39, 0.29) is 18.1 Å². The van der Waals surface area contributed by atoms with Crippen LogP contribution in [0.4, 0.5) is 0 Å². The van der Waals surface area contributed by atoms with Gasteiger partial charge < -0.3 is 10.1 Å². The fourth-order valence-electron chi connectivity index (χ4n) is 2.10. The lowest BCUT2D eigenvalue weighted by Crippen LogP contribution is -2.47. The molecule has 1 N–H and O–H groups in total. The van der Waals surface area contributed by atoms with Crippen LogP contribution in [-0.4, -0.2) is 24.7 Å². The molecule has 3 unspecified atom stereocenters. The van der Waals surface area contributed by atoms with Crippen molar-refractivity contribution in [3.63, 3.8) is 0 Å². The molecule has 1 fully saturated rings. The summed E-state index contributed by atoms with van der Waals surface area (Å²) in [6.07, 6.45) is 4.35. The van der Waals surface area contributed by atoms with Gasteiger partial charge in [-0.3, -0.25) is 4.79 Å². The molecule has 0 aromatic rings. The highest BCUT2D eigenvalue weighted by molar-refractivity contribution is 5.76. The predicted octanol–water partition coefficient (Wildman–Crippen LogP) is 2.11. The number of carbonyl (C=O) groups excluding carboxylic acids is 1. The van der Waals surface area contributed by atoms with E-state index in [0.29, 0.717) is 5.92 Å². The number of carbonyl (C=O) groups is 1. The number of nitrogens with one attached hydrogen (secondary N) is 1. The van der Waals surface area contributed by atoms with Crippen molar-refractivity contribution in [3.8, 4) is 0 Å². The normalized spacial score (nSPS) is 28.5. The van der Waals surface area contributed by atoms with Gasteiger partial charge >= 0.3 is 5.97 Å². The Hall–Kier alpha value is -0.570. The Bertz CT molecular complexity index is 206. The quantitative estimate of drug-likeness (QED) is 0.727. The molecule has 0 amide bonds. The van der Waals surface area contributed by atoms with Gasteiger partial charge in [-0.05, 0) is 38.6 Å². The minimum atomic E-state index is -0.0851. The van der Waals surface area contributed by atoms with Crippen molar-refractivity contribution in [2.45, 2.75) is 58.6 Å². The van der Waals surface area contributed by atoms with Crippen molar-refractivity contribution in [2.75, 3.05) is 6.54 Å². The third-order valence-electron chi connectivity index (χ3n) is 3.04.